The standard InChI is InChI=1S/C79H66N4O2.Pt/c1-76(2,3)52-40-51(41-53(42-52)77(4,5)6)61-44-54(78(7,8)9)43-60(50-24-11-10-12-25-50)75(61)82-49-81(68-32-17-18-33-69(68)82)55-26-23-27-56(45-55)84-57-37-38-59-63-47-62-58-28-13-14-29-64(58)79(65-30-15-19-34-72(65)85-73-35-20-16-31-66(73)79)67(62)48-71(63)83(70(59)46-57)74-36-21-22-39-80-74;/h10-48H,1-9H3;. The number of imidazole rings is 1. The summed E-state index contributed by atoms with van der Waals surface area (Å²) in [7, 11) is 0. The SMILES string of the molecule is CC(C)(C)c1cc(-c2cc(C(C)(C)C)cc(-c3ccccc3)c2-n2[c](=[Pt])n(-c3cccc(Oc4ccc5c6cc7c(cc6n(-c6ccccn6)c5c4)C4(c5ccccc5Oc5ccccc54)c4ccccc4-7)c3)c3ccccc32)cc(C(C)(C)C)c1. The Bertz CT molecular complexity index is 4890. The van der Waals surface area contributed by atoms with Crippen molar-refractivity contribution in [1.29, 1.82) is 0 Å². The number of rotatable bonds is 7. The fraction of sp³-hybridized carbons (Fsp3) is 0.165. The summed E-state index contributed by atoms with van der Waals surface area (Å²) in [6.07, 6.45) is 1.88. The van der Waals surface area contributed by atoms with Crippen LogP contribution in [0, 0.1) is 3.80 Å². The van der Waals surface area contributed by atoms with Crippen molar-refractivity contribution >= 4 is 32.8 Å². The Balaban J connectivity index is 0.900. The molecule has 4 heterocycles. The molecule has 13 aromatic rings. The summed E-state index contributed by atoms with van der Waals surface area (Å²) in [5, 5.41) is 2.26. The van der Waals surface area contributed by atoms with Crippen LogP contribution in [0.5, 0.6) is 23.0 Å². The van der Waals surface area contributed by atoms with Crippen LogP contribution < -0.4 is 9.47 Å². The van der Waals surface area contributed by atoms with Crippen LogP contribution in [0.25, 0.3) is 83.4 Å². The number of hydrogen-bond acceptors (Lipinski definition) is 3. The second kappa shape index (κ2) is 19.7. The molecule has 0 saturated carbocycles. The fourth-order valence-corrected chi connectivity index (χ4v) is 14.6. The third kappa shape index (κ3) is 8.46. The van der Waals surface area contributed by atoms with Gasteiger partial charge in [0, 0.05) is 17.3 Å². The van der Waals surface area contributed by atoms with Gasteiger partial charge >= 0.3 is 371 Å². The fourth-order valence-electron chi connectivity index (χ4n) is 13.5. The number of hydrogen-bond donors (Lipinski definition) is 0. The van der Waals surface area contributed by atoms with Gasteiger partial charge < -0.3 is 4.74 Å². The summed E-state index contributed by atoms with van der Waals surface area (Å²) in [6.45, 7) is 20.9. The van der Waals surface area contributed by atoms with E-state index in [1.165, 1.54) is 61.2 Å². The number of aromatic nitrogens is 4. The topological polar surface area (TPSA) is 46.1 Å². The third-order valence-corrected chi connectivity index (χ3v) is 18.9. The summed E-state index contributed by atoms with van der Waals surface area (Å²) in [5.74, 6) is 4.02. The van der Waals surface area contributed by atoms with E-state index in [4.69, 9.17) is 14.5 Å². The van der Waals surface area contributed by atoms with Crippen LogP contribution in [0.1, 0.15) is 101 Å². The molecular formula is C79H66N4O2Pt. The van der Waals surface area contributed by atoms with Gasteiger partial charge in [-0.3, -0.25) is 0 Å². The van der Waals surface area contributed by atoms with Gasteiger partial charge in [0.25, 0.3) is 0 Å². The van der Waals surface area contributed by atoms with Crippen molar-refractivity contribution in [1.82, 2.24) is 18.7 Å². The second-order valence-electron chi connectivity index (χ2n) is 26.3. The van der Waals surface area contributed by atoms with E-state index in [0.717, 1.165) is 88.0 Å². The first-order valence-corrected chi connectivity index (χ1v) is 31.0. The van der Waals surface area contributed by atoms with Crippen molar-refractivity contribution in [3.05, 3.63) is 279 Å². The number of fused-ring (bicyclic) bond motifs is 13. The van der Waals surface area contributed by atoms with Crippen LogP contribution in [0.4, 0.5) is 0 Å². The molecule has 0 radical (unpaired) electrons. The molecule has 0 fully saturated rings. The molecule has 0 N–H and O–H groups in total. The van der Waals surface area contributed by atoms with Gasteiger partial charge in [0.1, 0.15) is 11.5 Å². The normalized spacial score (nSPS) is 13.4. The maximum atomic E-state index is 7.08. The Morgan fingerprint density at radius 2 is 0.965 bits per heavy atom. The van der Waals surface area contributed by atoms with Gasteiger partial charge in [-0.25, -0.2) is 0 Å². The van der Waals surface area contributed by atoms with Gasteiger partial charge in [0.05, 0.1) is 5.41 Å². The van der Waals surface area contributed by atoms with Gasteiger partial charge in [-0.1, -0.05) is 66.7 Å². The van der Waals surface area contributed by atoms with Crippen molar-refractivity contribution in [3.63, 3.8) is 0 Å². The Morgan fingerprint density at radius 3 is 1.63 bits per heavy atom. The van der Waals surface area contributed by atoms with Crippen molar-refractivity contribution in [2.24, 2.45) is 0 Å². The van der Waals surface area contributed by atoms with E-state index in [-0.39, 0.29) is 16.2 Å². The Kier molecular flexibility index (Phi) is 12.3. The van der Waals surface area contributed by atoms with E-state index in [1.807, 2.05) is 12.3 Å². The van der Waals surface area contributed by atoms with Gasteiger partial charge in [0.15, 0.2) is 0 Å². The minimum absolute atomic E-state index is 0.0710. The molecule has 7 heteroatoms. The first-order chi connectivity index (χ1) is 41.4. The number of benzene rings is 10. The number of ether oxygens (including phenoxy) is 2. The quantitative estimate of drug-likeness (QED) is 0.160. The zero-order chi connectivity index (χ0) is 59.0. The van der Waals surface area contributed by atoms with Crippen LogP contribution in [0.2, 0.25) is 0 Å². The van der Waals surface area contributed by atoms with Gasteiger partial charge in [-0.05, 0) is 40.5 Å². The summed E-state index contributed by atoms with van der Waals surface area (Å²) >= 11 is 2.57. The summed E-state index contributed by atoms with van der Waals surface area (Å²) in [6, 6.07) is 84.0. The Labute approximate surface area is 514 Å². The van der Waals surface area contributed by atoms with E-state index in [1.54, 1.807) is 0 Å². The predicted octanol–water partition coefficient (Wildman–Crippen LogP) is 20.5. The molecular weight excluding hydrogens is 1230 g/mol. The molecule has 15 rings (SSSR count). The van der Waals surface area contributed by atoms with Crippen molar-refractivity contribution < 1.29 is 28.8 Å². The monoisotopic (exact) mass is 1300 g/mol. The summed E-state index contributed by atoms with van der Waals surface area (Å²) in [4.78, 5) is 5.03. The van der Waals surface area contributed by atoms with Crippen LogP contribution in [-0.2, 0) is 41.0 Å². The van der Waals surface area contributed by atoms with Crippen LogP contribution >= 0.6 is 0 Å². The summed E-state index contributed by atoms with van der Waals surface area (Å²) in [5.41, 5.74) is 21.4. The van der Waals surface area contributed by atoms with Crippen molar-refractivity contribution in [3.8, 4) is 73.6 Å². The molecule has 86 heavy (non-hydrogen) atoms. The minimum atomic E-state index is -0.615. The molecule has 1 aliphatic heterocycles. The molecule has 0 unspecified atom stereocenters. The average Bonchev–Trinajstić information content (AvgIpc) is 1.51. The predicted molar refractivity (Wildman–Crippen MR) is 349 cm³/mol. The third-order valence-electron chi connectivity index (χ3n) is 17.9. The Morgan fingerprint density at radius 1 is 0.395 bits per heavy atom. The number of nitrogens with zero attached hydrogens (tertiary/aromatic N) is 4. The molecule has 424 valence electrons. The van der Waals surface area contributed by atoms with E-state index in [0.29, 0.717) is 0 Å². The first-order valence-electron chi connectivity index (χ1n) is 29.8. The molecule has 0 amide bonds. The van der Waals surface area contributed by atoms with Crippen LogP contribution in [0.3, 0.4) is 0 Å². The first kappa shape index (κ1) is 53.6. The van der Waals surface area contributed by atoms with E-state index < -0.39 is 5.41 Å². The van der Waals surface area contributed by atoms with Crippen molar-refractivity contribution in [2.75, 3.05) is 0 Å². The molecule has 0 bridgehead atoms. The number of para-hydroxylation sites is 4. The molecule has 0 atom stereocenters. The second-order valence-corrected chi connectivity index (χ2v) is 27.4. The van der Waals surface area contributed by atoms with Crippen LogP contribution in [-0.4, -0.2) is 18.7 Å². The maximum absolute atomic E-state index is 7.08. The summed E-state index contributed by atoms with van der Waals surface area (Å²) < 4.78 is 22.0. The molecule has 6 nitrogen and oxygen atoms in total. The van der Waals surface area contributed by atoms with Gasteiger partial charge in [-0.2, -0.15) is 0 Å². The van der Waals surface area contributed by atoms with Crippen molar-refractivity contribution in [2.45, 2.75) is 84.0 Å². The molecule has 1 spiro atoms. The number of pyridine rings is 1. The van der Waals surface area contributed by atoms with E-state index in [9.17, 15) is 0 Å². The molecule has 2 aliphatic rings. The molecule has 0 saturated heterocycles. The van der Waals surface area contributed by atoms with E-state index >= 15 is 0 Å². The Hall–Kier alpha value is -9.09. The van der Waals surface area contributed by atoms with Crippen LogP contribution in [0.15, 0.2) is 237 Å². The van der Waals surface area contributed by atoms with E-state index in [2.05, 4.69) is 320 Å². The van der Waals surface area contributed by atoms with Gasteiger partial charge in [-0.15, -0.1) is 0 Å². The molecule has 10 aromatic carbocycles. The molecule has 3 aromatic heterocycles. The molecule has 1 aliphatic carbocycles. The zero-order valence-electron chi connectivity index (χ0n) is 49.9. The average molecular weight is 1300 g/mol. The zero-order valence-corrected chi connectivity index (χ0v) is 52.2. The van der Waals surface area contributed by atoms with Gasteiger partial charge in [0.2, 0.25) is 0 Å².